The average molecular weight is 370 g/mol. The molecule has 0 bridgehead atoms. The van der Waals surface area contributed by atoms with Gasteiger partial charge in [-0.1, -0.05) is 35.5 Å². The molecule has 1 atom stereocenters. The number of aliphatic hydroxyl groups is 2. The van der Waals surface area contributed by atoms with Crippen molar-refractivity contribution in [2.24, 2.45) is 0 Å². The summed E-state index contributed by atoms with van der Waals surface area (Å²) in [4.78, 5) is 12.3. The predicted molar refractivity (Wildman–Crippen MR) is 91.5 cm³/mol. The Labute approximate surface area is 154 Å². The molecule has 1 aromatic carbocycles. The highest BCUT2D eigenvalue weighted by molar-refractivity contribution is 5.93. The van der Waals surface area contributed by atoms with Gasteiger partial charge in [-0.15, -0.1) is 10.2 Å². The number of rotatable bonds is 6. The number of hydrogen-bond acceptors (Lipinski definition) is 8. The Morgan fingerprint density at radius 3 is 2.78 bits per heavy atom. The fourth-order valence-corrected chi connectivity index (χ4v) is 2.94. The minimum atomic E-state index is -1.17. The smallest absolute Gasteiger partial charge is 0.273 e. The first-order valence-corrected chi connectivity index (χ1v) is 8.59. The van der Waals surface area contributed by atoms with Crippen LogP contribution in [-0.4, -0.2) is 44.1 Å². The van der Waals surface area contributed by atoms with Gasteiger partial charge in [0.15, 0.2) is 17.6 Å². The zero-order valence-corrected chi connectivity index (χ0v) is 14.3. The fraction of sp³-hybridized carbons (Fsp3) is 0.333. The van der Waals surface area contributed by atoms with E-state index in [9.17, 15) is 9.90 Å². The van der Waals surface area contributed by atoms with E-state index in [-0.39, 0.29) is 29.5 Å². The van der Waals surface area contributed by atoms with Crippen LogP contribution in [0, 0.1) is 0 Å². The van der Waals surface area contributed by atoms with E-state index < -0.39 is 12.7 Å². The molecule has 1 amide bonds. The molecule has 1 fully saturated rings. The number of nitrogens with zero attached hydrogens (tertiary/aromatic N) is 3. The standard InChI is InChI=1S/C18H18N4O5/c23-9-14(24)18-21-20-17(26-18)11-6-12(7-11)19-16(25)13-8-15(27-22-13)10-4-2-1-3-5-10/h1-5,8,11-12,14,23-24H,6-7,9H2,(H,19,25)/t11-,12+,14-/m0/s1. The van der Waals surface area contributed by atoms with Gasteiger partial charge in [-0.2, -0.15) is 0 Å². The number of aliphatic hydroxyl groups excluding tert-OH is 2. The SMILES string of the molecule is O=C(N[C@H]1C[C@@H](c2nnc([C@@H](O)CO)o2)C1)c1cc(-c2ccccc2)on1. The van der Waals surface area contributed by atoms with Crippen molar-refractivity contribution in [3.63, 3.8) is 0 Å². The third kappa shape index (κ3) is 3.60. The van der Waals surface area contributed by atoms with Crippen molar-refractivity contribution in [1.29, 1.82) is 0 Å². The molecule has 4 rings (SSSR count). The van der Waals surface area contributed by atoms with Gasteiger partial charge in [0.05, 0.1) is 6.61 Å². The molecule has 9 heteroatoms. The summed E-state index contributed by atoms with van der Waals surface area (Å²) in [5, 5.41) is 32.7. The van der Waals surface area contributed by atoms with Crippen molar-refractivity contribution < 1.29 is 23.9 Å². The minimum absolute atomic E-state index is 0.00368. The fourth-order valence-electron chi connectivity index (χ4n) is 2.94. The zero-order chi connectivity index (χ0) is 18.8. The van der Waals surface area contributed by atoms with E-state index in [0.29, 0.717) is 24.5 Å². The Morgan fingerprint density at radius 2 is 2.04 bits per heavy atom. The molecule has 1 aliphatic rings. The molecular formula is C18H18N4O5. The van der Waals surface area contributed by atoms with Gasteiger partial charge in [0.1, 0.15) is 0 Å². The van der Waals surface area contributed by atoms with Crippen molar-refractivity contribution in [3.05, 3.63) is 53.9 Å². The van der Waals surface area contributed by atoms with Crippen LogP contribution in [0.5, 0.6) is 0 Å². The molecule has 0 saturated heterocycles. The first-order chi connectivity index (χ1) is 13.1. The van der Waals surface area contributed by atoms with Gasteiger partial charge in [0.2, 0.25) is 11.8 Å². The van der Waals surface area contributed by atoms with Crippen molar-refractivity contribution in [3.8, 4) is 11.3 Å². The van der Waals surface area contributed by atoms with Crippen LogP contribution in [0.15, 0.2) is 45.3 Å². The van der Waals surface area contributed by atoms with Crippen LogP contribution in [0.4, 0.5) is 0 Å². The molecule has 2 heterocycles. The monoisotopic (exact) mass is 370 g/mol. The predicted octanol–water partition coefficient (Wildman–Crippen LogP) is 1.43. The molecule has 0 spiro atoms. The van der Waals surface area contributed by atoms with E-state index in [4.69, 9.17) is 14.0 Å². The molecule has 0 unspecified atom stereocenters. The highest BCUT2D eigenvalue weighted by atomic mass is 16.5. The van der Waals surface area contributed by atoms with Crippen LogP contribution in [-0.2, 0) is 0 Å². The molecule has 3 aromatic rings. The number of nitrogens with one attached hydrogen (secondary N) is 1. The topological polar surface area (TPSA) is 135 Å². The van der Waals surface area contributed by atoms with E-state index in [0.717, 1.165) is 5.56 Å². The molecule has 0 radical (unpaired) electrons. The summed E-state index contributed by atoms with van der Waals surface area (Å²) in [6, 6.07) is 11.0. The number of carbonyl (C=O) groups is 1. The summed E-state index contributed by atoms with van der Waals surface area (Å²) >= 11 is 0. The lowest BCUT2D eigenvalue weighted by atomic mass is 9.80. The van der Waals surface area contributed by atoms with E-state index in [1.165, 1.54) is 0 Å². The molecule has 140 valence electrons. The van der Waals surface area contributed by atoms with Crippen LogP contribution in [0.25, 0.3) is 11.3 Å². The number of hydrogen-bond donors (Lipinski definition) is 3. The Morgan fingerprint density at radius 1 is 1.26 bits per heavy atom. The molecule has 0 aliphatic heterocycles. The molecule has 9 nitrogen and oxygen atoms in total. The van der Waals surface area contributed by atoms with Gasteiger partial charge >= 0.3 is 0 Å². The van der Waals surface area contributed by atoms with Crippen LogP contribution >= 0.6 is 0 Å². The molecule has 3 N–H and O–H groups in total. The Kier molecular flexibility index (Phi) is 4.69. The number of aromatic nitrogens is 3. The van der Waals surface area contributed by atoms with Crippen LogP contribution in [0.1, 0.15) is 47.1 Å². The molecule has 1 saturated carbocycles. The highest BCUT2D eigenvalue weighted by Crippen LogP contribution is 2.36. The van der Waals surface area contributed by atoms with Gasteiger partial charge in [-0.3, -0.25) is 4.79 Å². The molecule has 1 aliphatic carbocycles. The Hall–Kier alpha value is -3.04. The number of benzene rings is 1. The minimum Gasteiger partial charge on any atom is -0.422 e. The first kappa shape index (κ1) is 17.4. The maximum Gasteiger partial charge on any atom is 0.273 e. The van der Waals surface area contributed by atoms with E-state index in [2.05, 4.69) is 20.7 Å². The lowest BCUT2D eigenvalue weighted by molar-refractivity contribution is 0.0704. The Bertz CT molecular complexity index is 917. The maximum absolute atomic E-state index is 12.3. The van der Waals surface area contributed by atoms with E-state index in [1.807, 2.05) is 30.3 Å². The number of carbonyl (C=O) groups excluding carboxylic acids is 1. The van der Waals surface area contributed by atoms with Crippen LogP contribution in [0.2, 0.25) is 0 Å². The average Bonchev–Trinajstić information content (AvgIpc) is 3.34. The second-order valence-corrected chi connectivity index (χ2v) is 6.46. The van der Waals surface area contributed by atoms with Crippen LogP contribution < -0.4 is 5.32 Å². The molecular weight excluding hydrogens is 352 g/mol. The normalized spacial score (nSPS) is 20.1. The quantitative estimate of drug-likeness (QED) is 0.593. The second-order valence-electron chi connectivity index (χ2n) is 6.46. The van der Waals surface area contributed by atoms with Crippen molar-refractivity contribution in [2.75, 3.05) is 6.61 Å². The van der Waals surface area contributed by atoms with Gasteiger partial charge in [-0.05, 0) is 12.8 Å². The largest absolute Gasteiger partial charge is 0.422 e. The van der Waals surface area contributed by atoms with Crippen molar-refractivity contribution >= 4 is 5.91 Å². The van der Waals surface area contributed by atoms with Gasteiger partial charge in [0.25, 0.3) is 5.91 Å². The summed E-state index contributed by atoms with van der Waals surface area (Å²) in [6.45, 7) is -0.479. The highest BCUT2D eigenvalue weighted by Gasteiger charge is 2.36. The molecule has 27 heavy (non-hydrogen) atoms. The van der Waals surface area contributed by atoms with E-state index in [1.54, 1.807) is 6.07 Å². The van der Waals surface area contributed by atoms with Gasteiger partial charge in [0, 0.05) is 23.6 Å². The van der Waals surface area contributed by atoms with Crippen molar-refractivity contribution in [1.82, 2.24) is 20.7 Å². The summed E-state index contributed by atoms with van der Waals surface area (Å²) in [5.41, 5.74) is 1.08. The molecule has 2 aromatic heterocycles. The second kappa shape index (κ2) is 7.29. The van der Waals surface area contributed by atoms with E-state index >= 15 is 0 Å². The van der Waals surface area contributed by atoms with Crippen molar-refractivity contribution in [2.45, 2.75) is 30.9 Å². The number of amides is 1. The third-order valence-corrected chi connectivity index (χ3v) is 4.54. The first-order valence-electron chi connectivity index (χ1n) is 8.59. The van der Waals surface area contributed by atoms with Gasteiger partial charge < -0.3 is 24.5 Å². The third-order valence-electron chi connectivity index (χ3n) is 4.54. The maximum atomic E-state index is 12.3. The van der Waals surface area contributed by atoms with Crippen LogP contribution in [0.3, 0.4) is 0 Å². The zero-order valence-electron chi connectivity index (χ0n) is 14.3. The summed E-state index contributed by atoms with van der Waals surface area (Å²) < 4.78 is 10.6. The summed E-state index contributed by atoms with van der Waals surface area (Å²) in [7, 11) is 0. The van der Waals surface area contributed by atoms with Gasteiger partial charge in [-0.25, -0.2) is 0 Å². The summed E-state index contributed by atoms with van der Waals surface area (Å²) in [6.07, 6.45) is 0.116. The lowest BCUT2D eigenvalue weighted by Gasteiger charge is -2.33. The Balaban J connectivity index is 1.32. The lowest BCUT2D eigenvalue weighted by Crippen LogP contribution is -2.43. The summed E-state index contributed by atoms with van der Waals surface area (Å²) in [5.74, 6) is 0.644.